The Kier molecular flexibility index (Phi) is 5.92. The predicted molar refractivity (Wildman–Crippen MR) is 84.4 cm³/mol. The Morgan fingerprint density at radius 3 is 2.71 bits per heavy atom. The number of benzene rings is 2. The summed E-state index contributed by atoms with van der Waals surface area (Å²) in [6.07, 6.45) is 0.625. The van der Waals surface area contributed by atoms with E-state index in [2.05, 4.69) is 11.8 Å². The average molecular weight is 323 g/mol. The van der Waals surface area contributed by atoms with Gasteiger partial charge in [0.1, 0.15) is 18.2 Å². The van der Waals surface area contributed by atoms with Gasteiger partial charge in [-0.15, -0.1) is 11.6 Å². The fraction of sp³-hybridized carbons (Fsp3) is 0.176. The third kappa shape index (κ3) is 4.67. The van der Waals surface area contributed by atoms with Gasteiger partial charge in [0, 0.05) is 17.9 Å². The molecule has 2 rings (SSSR count). The van der Waals surface area contributed by atoms with Gasteiger partial charge in [0.2, 0.25) is 0 Å². The number of alkyl halides is 1. The molecule has 0 amide bonds. The van der Waals surface area contributed by atoms with Crippen LogP contribution >= 0.6 is 23.2 Å². The van der Waals surface area contributed by atoms with Crippen molar-refractivity contribution < 1.29 is 9.13 Å². The van der Waals surface area contributed by atoms with Crippen LogP contribution in [0.3, 0.4) is 0 Å². The first-order valence-corrected chi connectivity index (χ1v) is 7.32. The van der Waals surface area contributed by atoms with Crippen LogP contribution in [0.15, 0.2) is 42.5 Å². The molecule has 0 N–H and O–H groups in total. The molecule has 0 saturated heterocycles. The van der Waals surface area contributed by atoms with Crippen molar-refractivity contribution in [3.8, 4) is 17.6 Å². The van der Waals surface area contributed by atoms with Crippen LogP contribution in [0.4, 0.5) is 4.39 Å². The topological polar surface area (TPSA) is 9.23 Å². The first-order chi connectivity index (χ1) is 10.2. The van der Waals surface area contributed by atoms with E-state index in [1.807, 2.05) is 24.3 Å². The molecule has 1 nitrogen and oxygen atoms in total. The van der Waals surface area contributed by atoms with E-state index in [0.29, 0.717) is 23.1 Å². The van der Waals surface area contributed by atoms with Gasteiger partial charge >= 0.3 is 0 Å². The molecule has 108 valence electrons. The zero-order valence-electron chi connectivity index (χ0n) is 11.2. The molecule has 0 saturated carbocycles. The van der Waals surface area contributed by atoms with Crippen molar-refractivity contribution in [1.82, 2.24) is 0 Å². The molecule has 0 aliphatic heterocycles. The van der Waals surface area contributed by atoms with Crippen molar-refractivity contribution in [3.63, 3.8) is 0 Å². The summed E-state index contributed by atoms with van der Waals surface area (Å²) in [6, 6.07) is 11.7. The van der Waals surface area contributed by atoms with Crippen LogP contribution in [-0.4, -0.2) is 5.88 Å². The molecule has 0 fully saturated rings. The van der Waals surface area contributed by atoms with Crippen molar-refractivity contribution >= 4 is 23.2 Å². The highest BCUT2D eigenvalue weighted by Gasteiger charge is 2.05. The molecular weight excluding hydrogens is 310 g/mol. The first-order valence-electron chi connectivity index (χ1n) is 6.41. The molecule has 2 aromatic rings. The molecule has 0 unspecified atom stereocenters. The van der Waals surface area contributed by atoms with E-state index in [1.54, 1.807) is 6.07 Å². The van der Waals surface area contributed by atoms with Crippen molar-refractivity contribution in [2.45, 2.75) is 13.0 Å². The Bertz CT molecular complexity index is 674. The Morgan fingerprint density at radius 1 is 1.14 bits per heavy atom. The molecule has 0 bridgehead atoms. The van der Waals surface area contributed by atoms with E-state index in [-0.39, 0.29) is 12.4 Å². The lowest BCUT2D eigenvalue weighted by Gasteiger charge is -2.09. The van der Waals surface area contributed by atoms with Gasteiger partial charge in [0.05, 0.1) is 10.6 Å². The van der Waals surface area contributed by atoms with Crippen LogP contribution in [-0.2, 0) is 6.61 Å². The van der Waals surface area contributed by atoms with Gasteiger partial charge in [-0.05, 0) is 24.3 Å². The molecule has 0 aliphatic carbocycles. The van der Waals surface area contributed by atoms with Gasteiger partial charge in [-0.25, -0.2) is 4.39 Å². The molecule has 0 heterocycles. The summed E-state index contributed by atoms with van der Waals surface area (Å²) >= 11 is 11.6. The molecule has 0 aromatic heterocycles. The van der Waals surface area contributed by atoms with Gasteiger partial charge < -0.3 is 4.74 Å². The lowest BCUT2D eigenvalue weighted by molar-refractivity contribution is 0.305. The summed E-state index contributed by atoms with van der Waals surface area (Å²) in [5.41, 5.74) is 1.52. The average Bonchev–Trinajstić information content (AvgIpc) is 2.48. The zero-order chi connectivity index (χ0) is 15.1. The van der Waals surface area contributed by atoms with Crippen LogP contribution in [0.1, 0.15) is 17.5 Å². The number of rotatable bonds is 4. The minimum absolute atomic E-state index is 0.257. The lowest BCUT2D eigenvalue weighted by Crippen LogP contribution is -1.98. The molecule has 21 heavy (non-hydrogen) atoms. The largest absolute Gasteiger partial charge is 0.488 e. The molecule has 2 aromatic carbocycles. The monoisotopic (exact) mass is 322 g/mol. The van der Waals surface area contributed by atoms with Gasteiger partial charge in [0.25, 0.3) is 0 Å². The maximum Gasteiger partial charge on any atom is 0.135 e. The van der Waals surface area contributed by atoms with Crippen molar-refractivity contribution in [3.05, 3.63) is 64.4 Å². The zero-order valence-corrected chi connectivity index (χ0v) is 12.7. The number of hydrogen-bond donors (Lipinski definition) is 0. The van der Waals surface area contributed by atoms with Crippen molar-refractivity contribution in [1.29, 1.82) is 0 Å². The van der Waals surface area contributed by atoms with Crippen LogP contribution in [0, 0.1) is 17.7 Å². The molecular formula is C17H13Cl2FO. The summed E-state index contributed by atoms with van der Waals surface area (Å²) in [5.74, 6) is 6.80. The molecule has 0 atom stereocenters. The number of halogens is 3. The van der Waals surface area contributed by atoms with Crippen molar-refractivity contribution in [2.24, 2.45) is 0 Å². The minimum atomic E-state index is -0.365. The summed E-state index contributed by atoms with van der Waals surface area (Å²) in [7, 11) is 0. The normalized spacial score (nSPS) is 9.86. The predicted octanol–water partition coefficient (Wildman–Crippen LogP) is 5.04. The first kappa shape index (κ1) is 15.7. The van der Waals surface area contributed by atoms with Gasteiger partial charge in [-0.3, -0.25) is 0 Å². The van der Waals surface area contributed by atoms with E-state index in [0.717, 1.165) is 11.1 Å². The van der Waals surface area contributed by atoms with Gasteiger partial charge in [0.15, 0.2) is 0 Å². The number of hydrogen-bond acceptors (Lipinski definition) is 1. The lowest BCUT2D eigenvalue weighted by atomic mass is 10.2. The summed E-state index contributed by atoms with van der Waals surface area (Å²) in [5, 5.41) is 0.348. The number of ether oxygens (including phenoxy) is 1. The van der Waals surface area contributed by atoms with Crippen LogP contribution in [0.2, 0.25) is 5.02 Å². The fourth-order valence-electron chi connectivity index (χ4n) is 1.69. The van der Waals surface area contributed by atoms with Crippen LogP contribution in [0.5, 0.6) is 5.75 Å². The standard InChI is InChI=1S/C17H13Cl2FO/c18-10-4-3-6-13-5-1-2-7-17(13)21-12-14-8-9-15(20)11-16(14)19/h1-2,5,7-9,11H,4,10,12H2. The maximum absolute atomic E-state index is 13.0. The van der Waals surface area contributed by atoms with E-state index in [4.69, 9.17) is 27.9 Å². The smallest absolute Gasteiger partial charge is 0.135 e. The third-order valence-electron chi connectivity index (χ3n) is 2.73. The molecule has 4 heteroatoms. The highest BCUT2D eigenvalue weighted by molar-refractivity contribution is 6.31. The highest BCUT2D eigenvalue weighted by atomic mass is 35.5. The second kappa shape index (κ2) is 7.93. The Labute approximate surface area is 133 Å². The second-order valence-corrected chi connectivity index (χ2v) is 5.05. The van der Waals surface area contributed by atoms with Gasteiger partial charge in [-0.1, -0.05) is 41.6 Å². The second-order valence-electron chi connectivity index (χ2n) is 4.26. The van der Waals surface area contributed by atoms with Crippen LogP contribution < -0.4 is 4.74 Å². The van der Waals surface area contributed by atoms with Crippen LogP contribution in [0.25, 0.3) is 0 Å². The van der Waals surface area contributed by atoms with E-state index >= 15 is 0 Å². The Morgan fingerprint density at radius 2 is 1.95 bits per heavy atom. The van der Waals surface area contributed by atoms with E-state index in [1.165, 1.54) is 12.1 Å². The summed E-state index contributed by atoms with van der Waals surface area (Å²) < 4.78 is 18.7. The summed E-state index contributed by atoms with van der Waals surface area (Å²) in [6.45, 7) is 0.257. The summed E-state index contributed by atoms with van der Waals surface area (Å²) in [4.78, 5) is 0. The Balaban J connectivity index is 2.11. The van der Waals surface area contributed by atoms with Crippen molar-refractivity contribution in [2.75, 3.05) is 5.88 Å². The van der Waals surface area contributed by atoms with E-state index in [9.17, 15) is 4.39 Å². The maximum atomic E-state index is 13.0. The van der Waals surface area contributed by atoms with E-state index < -0.39 is 0 Å². The van der Waals surface area contributed by atoms with Gasteiger partial charge in [-0.2, -0.15) is 0 Å². The molecule has 0 aliphatic rings. The third-order valence-corrected chi connectivity index (χ3v) is 3.27. The fourth-order valence-corrected chi connectivity index (χ4v) is 2.01. The molecule has 0 spiro atoms. The molecule has 0 radical (unpaired) electrons. The Hall–Kier alpha value is -1.69. The highest BCUT2D eigenvalue weighted by Crippen LogP contribution is 2.22. The quantitative estimate of drug-likeness (QED) is 0.566. The number of para-hydroxylation sites is 1. The minimum Gasteiger partial charge on any atom is -0.488 e. The SMILES string of the molecule is Fc1ccc(COc2ccccc2C#CCCCl)c(Cl)c1.